The number of nitrogens with one attached hydrogen (secondary N) is 2. The number of ether oxygens (including phenoxy) is 1. The van der Waals surface area contributed by atoms with Crippen molar-refractivity contribution in [1.82, 2.24) is 5.32 Å². The first-order valence-electron chi connectivity index (χ1n) is 9.86. The van der Waals surface area contributed by atoms with E-state index in [2.05, 4.69) is 10.6 Å². The summed E-state index contributed by atoms with van der Waals surface area (Å²) in [5.41, 5.74) is 1.52. The van der Waals surface area contributed by atoms with E-state index in [0.717, 1.165) is 12.0 Å². The highest BCUT2D eigenvalue weighted by Crippen LogP contribution is 2.35. The number of anilines is 2. The average Bonchev–Trinajstić information content (AvgIpc) is 2.74. The molecule has 2 aromatic rings. The molecule has 3 rings (SSSR count). The maximum atomic E-state index is 12.5. The smallest absolute Gasteiger partial charge is 0.313 e. The molecule has 3 N–H and O–H groups in total. The van der Waals surface area contributed by atoms with E-state index in [-0.39, 0.29) is 23.7 Å². The SMILES string of the molecule is COc1ccc(NC(=O)C(=O)NCCc2ccc(O)cc2)cc1N1CCCCS1(=O)=O. The zero-order valence-electron chi connectivity index (χ0n) is 17.1. The molecule has 0 radical (unpaired) electrons. The predicted octanol–water partition coefficient (Wildman–Crippen LogP) is 1.63. The molecule has 1 aliphatic rings. The van der Waals surface area contributed by atoms with Crippen molar-refractivity contribution in [2.75, 3.05) is 35.6 Å². The molecule has 0 atom stereocenters. The van der Waals surface area contributed by atoms with E-state index in [1.165, 1.54) is 17.5 Å². The number of rotatable bonds is 6. The zero-order chi connectivity index (χ0) is 22.4. The molecule has 0 aromatic heterocycles. The minimum Gasteiger partial charge on any atom is -0.508 e. The van der Waals surface area contributed by atoms with Gasteiger partial charge in [0.25, 0.3) is 0 Å². The Morgan fingerprint density at radius 2 is 1.84 bits per heavy atom. The van der Waals surface area contributed by atoms with E-state index in [4.69, 9.17) is 4.74 Å². The summed E-state index contributed by atoms with van der Waals surface area (Å²) in [6.45, 7) is 0.574. The second-order valence-corrected chi connectivity index (χ2v) is 9.12. The molecule has 1 aliphatic heterocycles. The second-order valence-electron chi connectivity index (χ2n) is 7.11. The third-order valence-electron chi connectivity index (χ3n) is 4.90. The van der Waals surface area contributed by atoms with Crippen molar-refractivity contribution >= 4 is 33.2 Å². The van der Waals surface area contributed by atoms with Crippen LogP contribution in [0.25, 0.3) is 0 Å². The van der Waals surface area contributed by atoms with Crippen LogP contribution in [0.2, 0.25) is 0 Å². The number of amides is 2. The monoisotopic (exact) mass is 447 g/mol. The van der Waals surface area contributed by atoms with Gasteiger partial charge in [0.15, 0.2) is 0 Å². The first-order chi connectivity index (χ1) is 14.8. The van der Waals surface area contributed by atoms with Gasteiger partial charge in [0.1, 0.15) is 11.5 Å². The lowest BCUT2D eigenvalue weighted by Gasteiger charge is -2.29. The number of carbonyl (C=O) groups excluding carboxylic acids is 2. The Balaban J connectivity index is 1.64. The van der Waals surface area contributed by atoms with E-state index in [1.807, 2.05) is 0 Å². The molecule has 10 heteroatoms. The Hall–Kier alpha value is -3.27. The molecular weight excluding hydrogens is 422 g/mol. The van der Waals surface area contributed by atoms with Gasteiger partial charge in [-0.1, -0.05) is 12.1 Å². The number of nitrogens with zero attached hydrogens (tertiary/aromatic N) is 1. The van der Waals surface area contributed by atoms with E-state index < -0.39 is 21.8 Å². The van der Waals surface area contributed by atoms with Crippen molar-refractivity contribution < 1.29 is 27.9 Å². The molecule has 0 spiro atoms. The summed E-state index contributed by atoms with van der Waals surface area (Å²) in [6, 6.07) is 11.1. The minimum atomic E-state index is -3.47. The second kappa shape index (κ2) is 9.69. The maximum absolute atomic E-state index is 12.5. The van der Waals surface area contributed by atoms with Crippen LogP contribution in [-0.2, 0) is 26.0 Å². The summed E-state index contributed by atoms with van der Waals surface area (Å²) in [4.78, 5) is 24.4. The molecule has 0 aliphatic carbocycles. The standard InChI is InChI=1S/C21H25N3O6S/c1-30-19-9-6-16(14-18(19)24-12-2-3-13-31(24,28)29)23-21(27)20(26)22-11-10-15-4-7-17(25)8-5-15/h4-9,14,25H,2-3,10-13H2,1H3,(H,22,26)(H,23,27). The van der Waals surface area contributed by atoms with Crippen LogP contribution >= 0.6 is 0 Å². The van der Waals surface area contributed by atoms with Crippen LogP contribution in [0.4, 0.5) is 11.4 Å². The van der Waals surface area contributed by atoms with E-state index in [0.29, 0.717) is 30.8 Å². The Morgan fingerprint density at radius 3 is 2.52 bits per heavy atom. The highest BCUT2D eigenvalue weighted by Gasteiger charge is 2.28. The zero-order valence-corrected chi connectivity index (χ0v) is 17.9. The summed E-state index contributed by atoms with van der Waals surface area (Å²) in [6.07, 6.45) is 1.82. The van der Waals surface area contributed by atoms with Gasteiger partial charge >= 0.3 is 11.8 Å². The lowest BCUT2D eigenvalue weighted by atomic mass is 10.1. The first-order valence-corrected chi connectivity index (χ1v) is 11.5. The first kappa shape index (κ1) is 22.4. The summed E-state index contributed by atoms with van der Waals surface area (Å²) in [5.74, 6) is -1.09. The number of hydrogen-bond donors (Lipinski definition) is 3. The number of aromatic hydroxyl groups is 1. The Labute approximate surface area is 181 Å². The van der Waals surface area contributed by atoms with Crippen LogP contribution in [0.5, 0.6) is 11.5 Å². The number of methoxy groups -OCH3 is 1. The van der Waals surface area contributed by atoms with Crippen molar-refractivity contribution in [3.05, 3.63) is 48.0 Å². The molecule has 2 aromatic carbocycles. The van der Waals surface area contributed by atoms with Crippen LogP contribution in [0, 0.1) is 0 Å². The van der Waals surface area contributed by atoms with E-state index >= 15 is 0 Å². The third-order valence-corrected chi connectivity index (χ3v) is 6.75. The molecule has 166 valence electrons. The Bertz CT molecular complexity index is 1050. The molecular formula is C21H25N3O6S. The molecule has 1 heterocycles. The molecule has 1 fully saturated rings. The van der Waals surface area contributed by atoms with Crippen molar-refractivity contribution in [1.29, 1.82) is 0 Å². The average molecular weight is 448 g/mol. The highest BCUT2D eigenvalue weighted by molar-refractivity contribution is 7.92. The third kappa shape index (κ3) is 5.66. The van der Waals surface area contributed by atoms with Crippen molar-refractivity contribution in [3.8, 4) is 11.5 Å². The molecule has 0 bridgehead atoms. The number of sulfonamides is 1. The molecule has 0 saturated carbocycles. The normalized spacial score (nSPS) is 15.2. The van der Waals surface area contributed by atoms with E-state index in [1.54, 1.807) is 36.4 Å². The van der Waals surface area contributed by atoms with Gasteiger partial charge in [-0.05, 0) is 55.2 Å². The van der Waals surface area contributed by atoms with Gasteiger partial charge in [-0.3, -0.25) is 13.9 Å². The summed E-state index contributed by atoms with van der Waals surface area (Å²) >= 11 is 0. The fourth-order valence-corrected chi connectivity index (χ4v) is 4.91. The highest BCUT2D eigenvalue weighted by atomic mass is 32.2. The van der Waals surface area contributed by atoms with Crippen LogP contribution in [-0.4, -0.2) is 51.3 Å². The number of phenols is 1. The Kier molecular flexibility index (Phi) is 7.01. The van der Waals surface area contributed by atoms with E-state index in [9.17, 15) is 23.1 Å². The number of carbonyl (C=O) groups is 2. The van der Waals surface area contributed by atoms with Crippen molar-refractivity contribution in [3.63, 3.8) is 0 Å². The van der Waals surface area contributed by atoms with Crippen molar-refractivity contribution in [2.24, 2.45) is 0 Å². The van der Waals surface area contributed by atoms with Crippen molar-refractivity contribution in [2.45, 2.75) is 19.3 Å². The van der Waals surface area contributed by atoms with Gasteiger partial charge in [0.05, 0.1) is 18.6 Å². The summed E-state index contributed by atoms with van der Waals surface area (Å²) in [7, 11) is -2.03. The predicted molar refractivity (Wildman–Crippen MR) is 117 cm³/mol. The van der Waals surface area contributed by atoms with Gasteiger partial charge in [0.2, 0.25) is 10.0 Å². The van der Waals surface area contributed by atoms with Gasteiger partial charge in [-0.25, -0.2) is 8.42 Å². The molecule has 2 amide bonds. The summed E-state index contributed by atoms with van der Waals surface area (Å²) < 4.78 is 31.5. The molecule has 9 nitrogen and oxygen atoms in total. The van der Waals surface area contributed by atoms with Crippen LogP contribution in [0.15, 0.2) is 42.5 Å². The topological polar surface area (TPSA) is 125 Å². The number of hydrogen-bond acceptors (Lipinski definition) is 6. The number of phenolic OH excluding ortho intramolecular Hbond substituents is 1. The van der Waals surface area contributed by atoms with Gasteiger partial charge in [0, 0.05) is 18.8 Å². The minimum absolute atomic E-state index is 0.0518. The molecule has 31 heavy (non-hydrogen) atoms. The largest absolute Gasteiger partial charge is 0.508 e. The molecule has 1 saturated heterocycles. The lowest BCUT2D eigenvalue weighted by molar-refractivity contribution is -0.136. The van der Waals surface area contributed by atoms with Crippen LogP contribution in [0.1, 0.15) is 18.4 Å². The summed E-state index contributed by atoms with van der Waals surface area (Å²) in [5, 5.41) is 14.3. The quantitative estimate of drug-likeness (QED) is 0.578. The molecule has 0 unspecified atom stereocenters. The maximum Gasteiger partial charge on any atom is 0.313 e. The lowest BCUT2D eigenvalue weighted by Crippen LogP contribution is -2.38. The van der Waals surface area contributed by atoms with Crippen LogP contribution < -0.4 is 19.7 Å². The number of benzene rings is 2. The van der Waals surface area contributed by atoms with Gasteiger partial charge in [-0.15, -0.1) is 0 Å². The van der Waals surface area contributed by atoms with Gasteiger partial charge in [-0.2, -0.15) is 0 Å². The Morgan fingerprint density at radius 1 is 1.10 bits per heavy atom. The fraction of sp³-hybridized carbons (Fsp3) is 0.333. The van der Waals surface area contributed by atoms with Gasteiger partial charge < -0.3 is 20.5 Å². The fourth-order valence-electron chi connectivity index (χ4n) is 3.27. The van der Waals surface area contributed by atoms with Crippen LogP contribution in [0.3, 0.4) is 0 Å².